The molecule has 0 atom stereocenters. The molecular formula is C21H35N5O3. The van der Waals surface area contributed by atoms with Gasteiger partial charge < -0.3 is 25.0 Å². The SMILES string of the molecule is CCNC(=NCCN1CCN(C(C)=O)CC1)Nc1cccc(OCCCOC)c1. The van der Waals surface area contributed by atoms with Crippen LogP contribution in [-0.4, -0.2) is 87.8 Å². The number of carbonyl (C=O) groups excluding carboxylic acids is 1. The van der Waals surface area contributed by atoms with Gasteiger partial charge in [0.25, 0.3) is 0 Å². The number of hydrogen-bond acceptors (Lipinski definition) is 5. The molecule has 1 aromatic carbocycles. The van der Waals surface area contributed by atoms with E-state index in [0.717, 1.165) is 63.1 Å². The number of nitrogens with zero attached hydrogens (tertiary/aromatic N) is 3. The van der Waals surface area contributed by atoms with E-state index in [1.807, 2.05) is 36.1 Å². The number of piperazine rings is 1. The number of carbonyl (C=O) groups is 1. The van der Waals surface area contributed by atoms with Crippen molar-refractivity contribution in [1.29, 1.82) is 0 Å². The summed E-state index contributed by atoms with van der Waals surface area (Å²) < 4.78 is 10.8. The van der Waals surface area contributed by atoms with Gasteiger partial charge >= 0.3 is 0 Å². The molecule has 2 N–H and O–H groups in total. The third-order valence-corrected chi connectivity index (χ3v) is 4.71. The molecular weight excluding hydrogens is 370 g/mol. The standard InChI is InChI=1S/C21H35N5O3/c1-4-22-21(23-9-10-25-11-13-26(14-12-25)18(2)27)24-19-7-5-8-20(17-19)29-16-6-15-28-3/h5,7-8,17H,4,6,9-16H2,1-3H3,(H2,22,23,24). The highest BCUT2D eigenvalue weighted by Gasteiger charge is 2.17. The molecule has 0 bridgehead atoms. The molecule has 0 unspecified atom stereocenters. The van der Waals surface area contributed by atoms with Gasteiger partial charge in [0.2, 0.25) is 5.91 Å². The average Bonchev–Trinajstić information content (AvgIpc) is 2.72. The van der Waals surface area contributed by atoms with Crippen LogP contribution in [-0.2, 0) is 9.53 Å². The summed E-state index contributed by atoms with van der Waals surface area (Å²) >= 11 is 0. The number of ether oxygens (including phenoxy) is 2. The van der Waals surface area contributed by atoms with Gasteiger partial charge in [-0.1, -0.05) is 6.07 Å². The fourth-order valence-electron chi connectivity index (χ4n) is 3.09. The molecule has 8 heteroatoms. The summed E-state index contributed by atoms with van der Waals surface area (Å²) in [5.74, 6) is 1.74. The predicted octanol–water partition coefficient (Wildman–Crippen LogP) is 1.64. The minimum absolute atomic E-state index is 0.159. The van der Waals surface area contributed by atoms with Crippen LogP contribution in [0.2, 0.25) is 0 Å². The summed E-state index contributed by atoms with van der Waals surface area (Å²) in [6, 6.07) is 7.88. The fraction of sp³-hybridized carbons (Fsp3) is 0.619. The van der Waals surface area contributed by atoms with E-state index < -0.39 is 0 Å². The molecule has 0 aromatic heterocycles. The molecule has 2 rings (SSSR count). The third-order valence-electron chi connectivity index (χ3n) is 4.71. The van der Waals surface area contributed by atoms with Crippen molar-refractivity contribution in [3.05, 3.63) is 24.3 Å². The van der Waals surface area contributed by atoms with Crippen LogP contribution < -0.4 is 15.4 Å². The summed E-state index contributed by atoms with van der Waals surface area (Å²) in [4.78, 5) is 20.4. The number of amides is 1. The van der Waals surface area contributed by atoms with Gasteiger partial charge in [0.15, 0.2) is 5.96 Å². The number of benzene rings is 1. The Hall–Kier alpha value is -2.32. The summed E-state index contributed by atoms with van der Waals surface area (Å²) in [6.07, 6.45) is 0.860. The van der Waals surface area contributed by atoms with Crippen LogP contribution >= 0.6 is 0 Å². The number of anilines is 1. The molecule has 1 fully saturated rings. The Morgan fingerprint density at radius 1 is 1.21 bits per heavy atom. The first-order chi connectivity index (χ1) is 14.1. The first-order valence-electron chi connectivity index (χ1n) is 10.4. The number of aliphatic imine (C=N–C) groups is 1. The highest BCUT2D eigenvalue weighted by molar-refractivity contribution is 5.93. The van der Waals surface area contributed by atoms with Gasteiger partial charge in [-0.15, -0.1) is 0 Å². The van der Waals surface area contributed by atoms with E-state index in [-0.39, 0.29) is 5.91 Å². The van der Waals surface area contributed by atoms with E-state index in [0.29, 0.717) is 19.8 Å². The molecule has 1 aliphatic heterocycles. The molecule has 1 saturated heterocycles. The molecule has 1 heterocycles. The zero-order valence-electron chi connectivity index (χ0n) is 17.9. The van der Waals surface area contributed by atoms with Gasteiger partial charge in [-0.05, 0) is 19.1 Å². The van der Waals surface area contributed by atoms with Crippen molar-refractivity contribution in [1.82, 2.24) is 15.1 Å². The maximum absolute atomic E-state index is 11.4. The normalized spacial score (nSPS) is 15.3. The van der Waals surface area contributed by atoms with Crippen molar-refractivity contribution < 1.29 is 14.3 Å². The zero-order valence-corrected chi connectivity index (χ0v) is 17.9. The molecule has 1 aliphatic rings. The van der Waals surface area contributed by atoms with E-state index in [1.54, 1.807) is 14.0 Å². The molecule has 0 aliphatic carbocycles. The van der Waals surface area contributed by atoms with E-state index in [4.69, 9.17) is 9.47 Å². The van der Waals surface area contributed by atoms with Crippen LogP contribution in [0.1, 0.15) is 20.3 Å². The Labute approximate surface area is 174 Å². The lowest BCUT2D eigenvalue weighted by atomic mass is 10.3. The molecule has 29 heavy (non-hydrogen) atoms. The number of hydrogen-bond donors (Lipinski definition) is 2. The van der Waals surface area contributed by atoms with Gasteiger partial charge in [0, 0.05) is 78.1 Å². The van der Waals surface area contributed by atoms with Crippen LogP contribution in [0.4, 0.5) is 5.69 Å². The van der Waals surface area contributed by atoms with E-state index >= 15 is 0 Å². The topological polar surface area (TPSA) is 78.4 Å². The Morgan fingerprint density at radius 3 is 2.69 bits per heavy atom. The largest absolute Gasteiger partial charge is 0.493 e. The number of guanidine groups is 1. The van der Waals surface area contributed by atoms with E-state index in [2.05, 4.69) is 20.5 Å². The fourth-order valence-corrected chi connectivity index (χ4v) is 3.09. The Kier molecular flexibility index (Phi) is 10.3. The molecule has 1 amide bonds. The van der Waals surface area contributed by atoms with Crippen molar-refractivity contribution in [3.8, 4) is 5.75 Å². The number of nitrogens with one attached hydrogen (secondary N) is 2. The lowest BCUT2D eigenvalue weighted by Gasteiger charge is -2.33. The van der Waals surface area contributed by atoms with E-state index in [9.17, 15) is 4.79 Å². The molecule has 1 aromatic rings. The predicted molar refractivity (Wildman–Crippen MR) is 117 cm³/mol. The highest BCUT2D eigenvalue weighted by Crippen LogP contribution is 2.17. The van der Waals surface area contributed by atoms with E-state index in [1.165, 1.54) is 0 Å². The molecule has 0 radical (unpaired) electrons. The number of rotatable bonds is 10. The van der Waals surface area contributed by atoms with Crippen LogP contribution in [0.15, 0.2) is 29.3 Å². The van der Waals surface area contributed by atoms with Crippen molar-refractivity contribution in [2.75, 3.05) is 71.5 Å². The van der Waals surface area contributed by atoms with Gasteiger partial charge in [-0.2, -0.15) is 0 Å². The zero-order chi connectivity index (χ0) is 20.9. The van der Waals surface area contributed by atoms with Crippen LogP contribution in [0.5, 0.6) is 5.75 Å². The molecule has 0 spiro atoms. The quantitative estimate of drug-likeness (QED) is 0.350. The molecule has 162 valence electrons. The van der Waals surface area contributed by atoms with Crippen LogP contribution in [0, 0.1) is 0 Å². The minimum atomic E-state index is 0.159. The van der Waals surface area contributed by atoms with Gasteiger partial charge in [-0.3, -0.25) is 14.7 Å². The van der Waals surface area contributed by atoms with Gasteiger partial charge in [-0.25, -0.2) is 0 Å². The van der Waals surface area contributed by atoms with Crippen molar-refractivity contribution in [3.63, 3.8) is 0 Å². The molecule has 8 nitrogen and oxygen atoms in total. The second kappa shape index (κ2) is 13.0. The van der Waals surface area contributed by atoms with Crippen LogP contribution in [0.3, 0.4) is 0 Å². The van der Waals surface area contributed by atoms with Gasteiger partial charge in [0.1, 0.15) is 5.75 Å². The first-order valence-corrected chi connectivity index (χ1v) is 10.4. The van der Waals surface area contributed by atoms with Crippen LogP contribution in [0.25, 0.3) is 0 Å². The highest BCUT2D eigenvalue weighted by atomic mass is 16.5. The minimum Gasteiger partial charge on any atom is -0.493 e. The van der Waals surface area contributed by atoms with Crippen molar-refractivity contribution in [2.24, 2.45) is 4.99 Å². The maximum Gasteiger partial charge on any atom is 0.219 e. The number of methoxy groups -OCH3 is 1. The second-order valence-electron chi connectivity index (χ2n) is 6.96. The summed E-state index contributed by atoms with van der Waals surface area (Å²) in [5, 5.41) is 6.62. The summed E-state index contributed by atoms with van der Waals surface area (Å²) in [6.45, 7) is 10.8. The smallest absolute Gasteiger partial charge is 0.219 e. The Bertz CT molecular complexity index is 645. The Balaban J connectivity index is 1.82. The molecule has 0 saturated carbocycles. The average molecular weight is 406 g/mol. The monoisotopic (exact) mass is 405 g/mol. The summed E-state index contributed by atoms with van der Waals surface area (Å²) in [5.41, 5.74) is 0.934. The maximum atomic E-state index is 11.4. The van der Waals surface area contributed by atoms with Crippen molar-refractivity contribution >= 4 is 17.6 Å². The summed E-state index contributed by atoms with van der Waals surface area (Å²) in [7, 11) is 1.69. The lowest BCUT2D eigenvalue weighted by molar-refractivity contribution is -0.130. The lowest BCUT2D eigenvalue weighted by Crippen LogP contribution is -2.48. The second-order valence-corrected chi connectivity index (χ2v) is 6.96. The Morgan fingerprint density at radius 2 is 2.00 bits per heavy atom. The van der Waals surface area contributed by atoms with Crippen molar-refractivity contribution in [2.45, 2.75) is 20.3 Å². The van der Waals surface area contributed by atoms with Gasteiger partial charge in [0.05, 0.1) is 13.2 Å². The third kappa shape index (κ3) is 8.70. The first kappa shape index (κ1) is 23.0.